The Kier molecular flexibility index (Phi) is 5.13. The molecule has 98 valence electrons. The molecule has 0 aliphatic carbocycles. The zero-order valence-corrected chi connectivity index (χ0v) is 9.80. The van der Waals surface area contributed by atoms with E-state index in [1.807, 2.05) is 0 Å². The predicted octanol–water partition coefficient (Wildman–Crippen LogP) is 0.200. The molecule has 6 nitrogen and oxygen atoms in total. The Bertz CT molecular complexity index is 434. The zero-order chi connectivity index (χ0) is 13.5. The average Bonchev–Trinajstić information content (AvgIpc) is 2.28. The summed E-state index contributed by atoms with van der Waals surface area (Å²) in [5.74, 6) is -1.44. The molecule has 1 aromatic rings. The van der Waals surface area contributed by atoms with Crippen LogP contribution >= 0.6 is 0 Å². The van der Waals surface area contributed by atoms with Crippen LogP contribution in [-0.4, -0.2) is 28.1 Å². The highest BCUT2D eigenvalue weighted by Gasteiger charge is 2.17. The van der Waals surface area contributed by atoms with Crippen molar-refractivity contribution < 1.29 is 19.8 Å². The largest absolute Gasteiger partial charge is 0.508 e. The monoisotopic (exact) mass is 252 g/mol. The van der Waals surface area contributed by atoms with Crippen LogP contribution in [0.15, 0.2) is 24.3 Å². The number of hydrogen-bond acceptors (Lipinski definition) is 4. The summed E-state index contributed by atoms with van der Waals surface area (Å²) in [6, 6.07) is 5.68. The van der Waals surface area contributed by atoms with Crippen molar-refractivity contribution in [1.82, 2.24) is 5.32 Å². The van der Waals surface area contributed by atoms with Gasteiger partial charge in [-0.2, -0.15) is 0 Å². The summed E-state index contributed by atoms with van der Waals surface area (Å²) in [5, 5.41) is 21.0. The summed E-state index contributed by atoms with van der Waals surface area (Å²) in [4.78, 5) is 21.5. The van der Waals surface area contributed by atoms with Gasteiger partial charge in [0.1, 0.15) is 11.8 Å². The Balaban J connectivity index is 2.51. The minimum atomic E-state index is -1.03. The van der Waals surface area contributed by atoms with Crippen molar-refractivity contribution in [3.63, 3.8) is 0 Å². The second-order valence-electron chi connectivity index (χ2n) is 3.95. The number of hydrogen-bond donors (Lipinski definition) is 4. The number of phenolic OH excluding ortho intramolecular Hbond substituents is 1. The summed E-state index contributed by atoms with van der Waals surface area (Å²) in [5.41, 5.74) is 5.74. The number of phenols is 1. The molecule has 0 aliphatic heterocycles. The summed E-state index contributed by atoms with van der Waals surface area (Å²) in [6.45, 7) is 0.296. The first-order valence-electron chi connectivity index (χ1n) is 5.51. The van der Waals surface area contributed by atoms with Gasteiger partial charge in [-0.25, -0.2) is 0 Å². The van der Waals surface area contributed by atoms with Gasteiger partial charge in [0.15, 0.2) is 0 Å². The SMILES string of the molecule is NC(=O)CCC(NCc1cccc(O)c1)C(=O)O. The second-order valence-corrected chi connectivity index (χ2v) is 3.95. The maximum absolute atomic E-state index is 10.9. The van der Waals surface area contributed by atoms with Gasteiger partial charge in [-0.3, -0.25) is 9.59 Å². The maximum Gasteiger partial charge on any atom is 0.320 e. The van der Waals surface area contributed by atoms with Gasteiger partial charge in [-0.1, -0.05) is 12.1 Å². The summed E-state index contributed by atoms with van der Waals surface area (Å²) < 4.78 is 0. The van der Waals surface area contributed by atoms with Gasteiger partial charge in [-0.05, 0) is 24.1 Å². The highest BCUT2D eigenvalue weighted by Crippen LogP contribution is 2.11. The Morgan fingerprint density at radius 1 is 1.39 bits per heavy atom. The van der Waals surface area contributed by atoms with Crippen molar-refractivity contribution in [2.45, 2.75) is 25.4 Å². The van der Waals surface area contributed by atoms with Gasteiger partial charge in [0.05, 0.1) is 0 Å². The molecule has 1 amide bonds. The molecule has 0 spiro atoms. The number of rotatable bonds is 7. The Labute approximate surface area is 104 Å². The molecule has 18 heavy (non-hydrogen) atoms. The molecule has 0 saturated carbocycles. The molecule has 6 heteroatoms. The van der Waals surface area contributed by atoms with Gasteiger partial charge >= 0.3 is 5.97 Å². The van der Waals surface area contributed by atoms with Crippen molar-refractivity contribution in [1.29, 1.82) is 0 Å². The van der Waals surface area contributed by atoms with Crippen LogP contribution in [0.2, 0.25) is 0 Å². The van der Waals surface area contributed by atoms with Crippen molar-refractivity contribution in [2.75, 3.05) is 0 Å². The minimum Gasteiger partial charge on any atom is -0.508 e. The van der Waals surface area contributed by atoms with Crippen LogP contribution in [0.4, 0.5) is 0 Å². The molecule has 0 heterocycles. The van der Waals surface area contributed by atoms with Gasteiger partial charge in [0.2, 0.25) is 5.91 Å². The fraction of sp³-hybridized carbons (Fsp3) is 0.333. The number of aromatic hydroxyl groups is 1. The molecule has 0 aliphatic rings. The lowest BCUT2D eigenvalue weighted by Gasteiger charge is -2.13. The number of carbonyl (C=O) groups excluding carboxylic acids is 1. The average molecular weight is 252 g/mol. The Morgan fingerprint density at radius 3 is 2.67 bits per heavy atom. The molecule has 5 N–H and O–H groups in total. The number of nitrogens with two attached hydrogens (primary N) is 1. The molecule has 0 radical (unpaired) electrons. The highest BCUT2D eigenvalue weighted by atomic mass is 16.4. The van der Waals surface area contributed by atoms with E-state index in [2.05, 4.69) is 5.32 Å². The quantitative estimate of drug-likeness (QED) is 0.553. The smallest absolute Gasteiger partial charge is 0.320 e. The van der Waals surface area contributed by atoms with Crippen molar-refractivity contribution >= 4 is 11.9 Å². The number of amides is 1. The van der Waals surface area contributed by atoms with E-state index in [4.69, 9.17) is 10.8 Å². The van der Waals surface area contributed by atoms with E-state index in [1.165, 1.54) is 6.07 Å². The number of nitrogens with one attached hydrogen (secondary N) is 1. The third-order valence-electron chi connectivity index (χ3n) is 2.44. The third-order valence-corrected chi connectivity index (χ3v) is 2.44. The van der Waals surface area contributed by atoms with Gasteiger partial charge < -0.3 is 21.3 Å². The fourth-order valence-corrected chi connectivity index (χ4v) is 1.51. The highest BCUT2D eigenvalue weighted by molar-refractivity contribution is 5.77. The van der Waals surface area contributed by atoms with Crippen molar-refractivity contribution in [3.05, 3.63) is 29.8 Å². The topological polar surface area (TPSA) is 113 Å². The molecule has 0 saturated heterocycles. The standard InChI is InChI=1S/C12H16N2O4/c13-11(16)5-4-10(12(17)18)14-7-8-2-1-3-9(15)6-8/h1-3,6,10,14-15H,4-5,7H2,(H2,13,16)(H,17,18). The van der Waals surface area contributed by atoms with Crippen LogP contribution in [0.1, 0.15) is 18.4 Å². The van der Waals surface area contributed by atoms with Gasteiger partial charge in [0.25, 0.3) is 0 Å². The van der Waals surface area contributed by atoms with E-state index in [1.54, 1.807) is 18.2 Å². The van der Waals surface area contributed by atoms with E-state index in [0.29, 0.717) is 6.54 Å². The van der Waals surface area contributed by atoms with E-state index in [0.717, 1.165) is 5.56 Å². The number of aliphatic carboxylic acids is 1. The van der Waals surface area contributed by atoms with Crippen molar-refractivity contribution in [2.24, 2.45) is 5.73 Å². The number of primary amides is 1. The van der Waals surface area contributed by atoms with E-state index >= 15 is 0 Å². The maximum atomic E-state index is 10.9. The van der Waals surface area contributed by atoms with Crippen LogP contribution < -0.4 is 11.1 Å². The summed E-state index contributed by atoms with van der Waals surface area (Å²) in [7, 11) is 0. The molecule has 0 fully saturated rings. The lowest BCUT2D eigenvalue weighted by molar-refractivity contribution is -0.139. The van der Waals surface area contributed by atoms with Crippen LogP contribution in [-0.2, 0) is 16.1 Å². The number of carboxylic acid groups (broad SMARTS) is 1. The first kappa shape index (κ1) is 14.0. The molecule has 0 aromatic heterocycles. The van der Waals surface area contributed by atoms with Gasteiger partial charge in [0, 0.05) is 13.0 Å². The second kappa shape index (κ2) is 6.61. The molecular weight excluding hydrogens is 236 g/mol. The summed E-state index contributed by atoms with van der Waals surface area (Å²) >= 11 is 0. The van der Waals surface area contributed by atoms with Crippen LogP contribution in [0.25, 0.3) is 0 Å². The lowest BCUT2D eigenvalue weighted by Crippen LogP contribution is -2.37. The zero-order valence-electron chi connectivity index (χ0n) is 9.80. The molecule has 1 rings (SSSR count). The third kappa shape index (κ3) is 4.84. The van der Waals surface area contributed by atoms with E-state index in [9.17, 15) is 14.7 Å². The van der Waals surface area contributed by atoms with E-state index in [-0.39, 0.29) is 18.6 Å². The van der Waals surface area contributed by atoms with Crippen LogP contribution in [0, 0.1) is 0 Å². The Hall–Kier alpha value is -2.08. The number of carboxylic acids is 1. The summed E-state index contributed by atoms with van der Waals surface area (Å²) in [6.07, 6.45) is 0.160. The molecule has 0 bridgehead atoms. The van der Waals surface area contributed by atoms with Crippen molar-refractivity contribution in [3.8, 4) is 5.75 Å². The molecule has 1 atom stereocenters. The predicted molar refractivity (Wildman–Crippen MR) is 64.8 cm³/mol. The number of benzene rings is 1. The lowest BCUT2D eigenvalue weighted by atomic mass is 10.1. The first-order chi connectivity index (χ1) is 8.49. The molecule has 1 aromatic carbocycles. The molecule has 1 unspecified atom stereocenters. The van der Waals surface area contributed by atoms with E-state index < -0.39 is 17.9 Å². The fourth-order valence-electron chi connectivity index (χ4n) is 1.51. The number of carbonyl (C=O) groups is 2. The molecular formula is C12H16N2O4. The normalized spacial score (nSPS) is 12.0. The van der Waals surface area contributed by atoms with Crippen LogP contribution in [0.5, 0.6) is 5.75 Å². The Morgan fingerprint density at radius 2 is 2.11 bits per heavy atom. The first-order valence-corrected chi connectivity index (χ1v) is 5.51. The van der Waals surface area contributed by atoms with Gasteiger partial charge in [-0.15, -0.1) is 0 Å². The van der Waals surface area contributed by atoms with Crippen LogP contribution in [0.3, 0.4) is 0 Å². The minimum absolute atomic E-state index is 0.0179.